The number of aliphatic hydroxyl groups excluding tert-OH is 1. The quantitative estimate of drug-likeness (QED) is 0.700. The van der Waals surface area contributed by atoms with Crippen LogP contribution in [0.2, 0.25) is 0 Å². The third-order valence-electron chi connectivity index (χ3n) is 2.38. The zero-order valence-electron chi connectivity index (χ0n) is 7.92. The summed E-state index contributed by atoms with van der Waals surface area (Å²) in [5.41, 5.74) is 0. The van der Waals surface area contributed by atoms with E-state index in [1.54, 1.807) is 0 Å². The van der Waals surface area contributed by atoms with Gasteiger partial charge >= 0.3 is 0 Å². The number of thioether (sulfide) groups is 1. The number of nitrogens with one attached hydrogen (secondary N) is 1. The summed E-state index contributed by atoms with van der Waals surface area (Å²) in [6, 6.07) is 0.849. The minimum absolute atomic E-state index is 0.230. The Balaban J connectivity index is 2.20. The van der Waals surface area contributed by atoms with Crippen LogP contribution in [-0.2, 0) is 0 Å². The van der Waals surface area contributed by atoms with Gasteiger partial charge in [0.25, 0.3) is 0 Å². The predicted octanol–water partition coefficient (Wildman–Crippen LogP) is 1.24. The maximum Gasteiger partial charge on any atom is 0.0662 e. The molecule has 2 nitrogen and oxygen atoms in total. The molecule has 3 heteroatoms. The largest absolute Gasteiger partial charge is 0.392 e. The number of rotatable bonds is 3. The van der Waals surface area contributed by atoms with Crippen molar-refractivity contribution >= 4 is 11.8 Å². The van der Waals surface area contributed by atoms with Crippen molar-refractivity contribution < 1.29 is 5.11 Å². The average Bonchev–Trinajstić information content (AvgIpc) is 2.06. The van der Waals surface area contributed by atoms with Crippen molar-refractivity contribution in [2.75, 3.05) is 11.5 Å². The highest BCUT2D eigenvalue weighted by Gasteiger charge is 2.17. The van der Waals surface area contributed by atoms with E-state index >= 15 is 0 Å². The molecule has 1 saturated heterocycles. The van der Waals surface area contributed by atoms with Gasteiger partial charge in [0.15, 0.2) is 0 Å². The Hall–Kier alpha value is 0.270. The molecular formula is C9H19NOS. The monoisotopic (exact) mass is 189 g/mol. The molecule has 3 atom stereocenters. The normalized spacial score (nSPS) is 29.8. The molecular weight excluding hydrogens is 170 g/mol. The van der Waals surface area contributed by atoms with Gasteiger partial charge < -0.3 is 10.4 Å². The van der Waals surface area contributed by atoms with E-state index in [4.69, 9.17) is 0 Å². The van der Waals surface area contributed by atoms with Crippen molar-refractivity contribution in [1.82, 2.24) is 5.32 Å². The van der Waals surface area contributed by atoms with Crippen LogP contribution in [0.25, 0.3) is 0 Å². The highest BCUT2D eigenvalue weighted by molar-refractivity contribution is 7.99. The van der Waals surface area contributed by atoms with Crippen LogP contribution in [0.1, 0.15) is 26.7 Å². The average molecular weight is 189 g/mol. The fourth-order valence-electron chi connectivity index (χ4n) is 1.38. The number of hydrogen-bond acceptors (Lipinski definition) is 3. The number of hydrogen-bond donors (Lipinski definition) is 2. The minimum atomic E-state index is -0.239. The van der Waals surface area contributed by atoms with E-state index in [1.807, 2.05) is 25.6 Å². The van der Waals surface area contributed by atoms with E-state index < -0.39 is 0 Å². The molecule has 0 bridgehead atoms. The van der Waals surface area contributed by atoms with E-state index in [9.17, 15) is 5.11 Å². The summed E-state index contributed by atoms with van der Waals surface area (Å²) in [5.74, 6) is 2.51. The maximum absolute atomic E-state index is 9.28. The van der Waals surface area contributed by atoms with Gasteiger partial charge in [0.1, 0.15) is 0 Å². The van der Waals surface area contributed by atoms with E-state index in [2.05, 4.69) is 5.32 Å². The molecule has 1 aliphatic rings. The van der Waals surface area contributed by atoms with Crippen molar-refractivity contribution in [2.24, 2.45) is 0 Å². The van der Waals surface area contributed by atoms with Gasteiger partial charge in [0.05, 0.1) is 6.10 Å². The van der Waals surface area contributed by atoms with Crippen molar-refractivity contribution in [1.29, 1.82) is 0 Å². The Morgan fingerprint density at radius 1 is 1.50 bits per heavy atom. The van der Waals surface area contributed by atoms with Gasteiger partial charge in [-0.3, -0.25) is 0 Å². The van der Waals surface area contributed by atoms with E-state index in [0.717, 1.165) is 0 Å². The highest BCUT2D eigenvalue weighted by Crippen LogP contribution is 2.17. The van der Waals surface area contributed by atoms with Crippen molar-refractivity contribution in [3.05, 3.63) is 0 Å². The van der Waals surface area contributed by atoms with E-state index in [-0.39, 0.29) is 12.1 Å². The molecule has 0 aromatic carbocycles. The predicted molar refractivity (Wildman–Crippen MR) is 54.6 cm³/mol. The summed E-state index contributed by atoms with van der Waals surface area (Å²) in [5, 5.41) is 12.7. The molecule has 0 amide bonds. The molecule has 1 fully saturated rings. The van der Waals surface area contributed by atoms with Crippen LogP contribution in [0.4, 0.5) is 0 Å². The second kappa shape index (κ2) is 5.10. The van der Waals surface area contributed by atoms with Crippen LogP contribution >= 0.6 is 11.8 Å². The van der Waals surface area contributed by atoms with Crippen LogP contribution in [0.3, 0.4) is 0 Å². The first-order valence-corrected chi connectivity index (χ1v) is 5.87. The van der Waals surface area contributed by atoms with Crippen LogP contribution < -0.4 is 5.32 Å². The van der Waals surface area contributed by atoms with Gasteiger partial charge in [-0.1, -0.05) is 0 Å². The van der Waals surface area contributed by atoms with Gasteiger partial charge in [0, 0.05) is 17.8 Å². The van der Waals surface area contributed by atoms with E-state index in [0.29, 0.717) is 6.04 Å². The van der Waals surface area contributed by atoms with Gasteiger partial charge in [-0.25, -0.2) is 0 Å². The standard InChI is InChI=1S/C9H19NOS/c1-7(8(2)11)10-9-4-3-5-12-6-9/h7-11H,3-6H2,1-2H3. The fourth-order valence-corrected chi connectivity index (χ4v) is 2.47. The van der Waals surface area contributed by atoms with Gasteiger partial charge in [-0.05, 0) is 32.4 Å². The third-order valence-corrected chi connectivity index (χ3v) is 3.60. The van der Waals surface area contributed by atoms with Crippen LogP contribution in [-0.4, -0.2) is 34.8 Å². The zero-order chi connectivity index (χ0) is 8.97. The molecule has 0 aromatic rings. The fraction of sp³-hybridized carbons (Fsp3) is 1.00. The molecule has 1 rings (SSSR count). The second-order valence-corrected chi connectivity index (χ2v) is 4.76. The number of aliphatic hydroxyl groups is 1. The Morgan fingerprint density at radius 2 is 2.25 bits per heavy atom. The Labute approximate surface area is 79.1 Å². The first-order valence-electron chi connectivity index (χ1n) is 4.72. The van der Waals surface area contributed by atoms with Crippen LogP contribution in [0.15, 0.2) is 0 Å². The highest BCUT2D eigenvalue weighted by atomic mass is 32.2. The maximum atomic E-state index is 9.28. The SMILES string of the molecule is CC(O)C(C)NC1CCCSC1. The molecule has 3 unspecified atom stereocenters. The van der Waals surface area contributed by atoms with Crippen molar-refractivity contribution in [3.8, 4) is 0 Å². The molecule has 2 N–H and O–H groups in total. The minimum Gasteiger partial charge on any atom is -0.392 e. The van der Waals surface area contributed by atoms with Crippen LogP contribution in [0.5, 0.6) is 0 Å². The molecule has 12 heavy (non-hydrogen) atoms. The van der Waals surface area contributed by atoms with E-state index in [1.165, 1.54) is 24.3 Å². The molecule has 0 radical (unpaired) electrons. The Kier molecular flexibility index (Phi) is 4.40. The summed E-state index contributed by atoms with van der Waals surface area (Å²) in [7, 11) is 0. The summed E-state index contributed by atoms with van der Waals surface area (Å²) in [4.78, 5) is 0. The summed E-state index contributed by atoms with van der Waals surface area (Å²) in [6.07, 6.45) is 2.34. The lowest BCUT2D eigenvalue weighted by atomic mass is 10.1. The molecule has 1 aliphatic heterocycles. The summed E-state index contributed by atoms with van der Waals surface area (Å²) >= 11 is 2.01. The first-order chi connectivity index (χ1) is 5.70. The van der Waals surface area contributed by atoms with Crippen molar-refractivity contribution in [2.45, 2.75) is 44.9 Å². The topological polar surface area (TPSA) is 32.3 Å². The Bertz CT molecular complexity index is 124. The van der Waals surface area contributed by atoms with Crippen LogP contribution in [0, 0.1) is 0 Å². The molecule has 1 heterocycles. The lowest BCUT2D eigenvalue weighted by Crippen LogP contribution is -2.44. The molecule has 0 aromatic heterocycles. The smallest absolute Gasteiger partial charge is 0.0662 e. The first kappa shape index (κ1) is 10.4. The summed E-state index contributed by atoms with van der Waals surface area (Å²) in [6.45, 7) is 3.89. The lowest BCUT2D eigenvalue weighted by Gasteiger charge is -2.27. The third kappa shape index (κ3) is 3.33. The van der Waals surface area contributed by atoms with Gasteiger partial charge in [-0.15, -0.1) is 0 Å². The Morgan fingerprint density at radius 3 is 2.75 bits per heavy atom. The van der Waals surface area contributed by atoms with Crippen molar-refractivity contribution in [3.63, 3.8) is 0 Å². The van der Waals surface area contributed by atoms with Gasteiger partial charge in [-0.2, -0.15) is 11.8 Å². The molecule has 72 valence electrons. The molecule has 0 aliphatic carbocycles. The molecule has 0 spiro atoms. The summed E-state index contributed by atoms with van der Waals surface area (Å²) < 4.78 is 0. The second-order valence-electron chi connectivity index (χ2n) is 3.61. The lowest BCUT2D eigenvalue weighted by molar-refractivity contribution is 0.146. The zero-order valence-corrected chi connectivity index (χ0v) is 8.73. The van der Waals surface area contributed by atoms with Gasteiger partial charge in [0.2, 0.25) is 0 Å². The molecule has 0 saturated carbocycles.